The first kappa shape index (κ1) is 20.9. The number of methoxy groups -OCH3 is 1. The molecule has 152 valence electrons. The van der Waals surface area contributed by atoms with Crippen molar-refractivity contribution in [2.75, 3.05) is 18.6 Å². The van der Waals surface area contributed by atoms with E-state index in [0.717, 1.165) is 30.7 Å². The lowest BCUT2D eigenvalue weighted by Gasteiger charge is -2.47. The summed E-state index contributed by atoms with van der Waals surface area (Å²) < 4.78 is 19.0. The van der Waals surface area contributed by atoms with Crippen LogP contribution in [0.2, 0.25) is 0 Å². The highest BCUT2D eigenvalue weighted by molar-refractivity contribution is 5.91. The maximum atomic E-state index is 13.3. The van der Waals surface area contributed by atoms with Crippen LogP contribution in [-0.4, -0.2) is 19.2 Å². The predicted octanol–water partition coefficient (Wildman–Crippen LogP) is 6.40. The summed E-state index contributed by atoms with van der Waals surface area (Å²) in [7, 11) is 1.66. The second-order valence-corrected chi connectivity index (χ2v) is 8.40. The zero-order valence-corrected chi connectivity index (χ0v) is 17.9. The number of allylic oxidation sites excluding steroid dienone is 1. The monoisotopic (exact) mass is 392 g/mol. The second-order valence-electron chi connectivity index (χ2n) is 8.40. The van der Waals surface area contributed by atoms with Crippen molar-refractivity contribution in [1.29, 1.82) is 5.26 Å². The fraction of sp³-hybridized carbons (Fsp3) is 0.400. The molecule has 2 aromatic rings. The van der Waals surface area contributed by atoms with E-state index in [1.807, 2.05) is 6.08 Å². The Bertz CT molecular complexity index is 954. The Balaban J connectivity index is 2.13. The number of hydrogen-bond acceptors (Lipinski definition) is 3. The number of anilines is 1. The van der Waals surface area contributed by atoms with Crippen LogP contribution in [0.1, 0.15) is 63.1 Å². The molecule has 0 fully saturated rings. The van der Waals surface area contributed by atoms with Gasteiger partial charge in [0, 0.05) is 29.4 Å². The third kappa shape index (κ3) is 4.15. The molecular formula is C25H29FN2O. The van der Waals surface area contributed by atoms with Crippen molar-refractivity contribution in [3.8, 4) is 11.8 Å². The predicted molar refractivity (Wildman–Crippen MR) is 118 cm³/mol. The molecule has 0 saturated heterocycles. The third-order valence-corrected chi connectivity index (χ3v) is 5.76. The molecule has 1 atom stereocenters. The molecule has 1 heterocycles. The number of ether oxygens (including phenoxy) is 1. The molecule has 0 N–H and O–H groups in total. The quantitative estimate of drug-likeness (QED) is 0.436. The van der Waals surface area contributed by atoms with Gasteiger partial charge in [-0.25, -0.2) is 4.39 Å². The van der Waals surface area contributed by atoms with Crippen molar-refractivity contribution in [2.24, 2.45) is 0 Å². The molecule has 0 aliphatic carbocycles. The molecule has 2 aromatic carbocycles. The summed E-state index contributed by atoms with van der Waals surface area (Å²) in [4.78, 5) is 2.48. The summed E-state index contributed by atoms with van der Waals surface area (Å²) in [5.41, 5.74) is 4.62. The molecule has 0 saturated carbocycles. The highest BCUT2D eigenvalue weighted by Crippen LogP contribution is 2.46. The average molecular weight is 393 g/mol. The smallest absolute Gasteiger partial charge is 0.128 e. The molecule has 0 amide bonds. The van der Waals surface area contributed by atoms with Gasteiger partial charge in [0.15, 0.2) is 0 Å². The largest absolute Gasteiger partial charge is 0.496 e. The summed E-state index contributed by atoms with van der Waals surface area (Å²) in [6, 6.07) is 12.5. The highest BCUT2D eigenvalue weighted by Gasteiger charge is 2.36. The van der Waals surface area contributed by atoms with Gasteiger partial charge in [-0.05, 0) is 68.0 Å². The van der Waals surface area contributed by atoms with Gasteiger partial charge in [0.25, 0.3) is 0 Å². The SMILES string of the molecule is CCCN1c2cc(OC)c(/C=C(\C#N)c3ccc(F)cc3)cc2C(C)CC1(C)C. The molecule has 29 heavy (non-hydrogen) atoms. The number of halogens is 1. The number of rotatable bonds is 5. The molecule has 0 aromatic heterocycles. The van der Waals surface area contributed by atoms with Crippen LogP contribution >= 0.6 is 0 Å². The summed E-state index contributed by atoms with van der Waals surface area (Å²) >= 11 is 0. The first-order valence-electron chi connectivity index (χ1n) is 10.2. The lowest BCUT2D eigenvalue weighted by molar-refractivity contribution is 0.372. The van der Waals surface area contributed by atoms with Gasteiger partial charge in [-0.1, -0.05) is 26.0 Å². The van der Waals surface area contributed by atoms with Crippen LogP contribution in [0.3, 0.4) is 0 Å². The van der Waals surface area contributed by atoms with Crippen molar-refractivity contribution in [3.05, 3.63) is 58.9 Å². The van der Waals surface area contributed by atoms with E-state index in [2.05, 4.69) is 50.8 Å². The number of benzene rings is 2. The van der Waals surface area contributed by atoms with Gasteiger partial charge in [-0.3, -0.25) is 0 Å². The lowest BCUT2D eigenvalue weighted by Crippen LogP contribution is -2.48. The maximum absolute atomic E-state index is 13.3. The molecular weight excluding hydrogens is 363 g/mol. The van der Waals surface area contributed by atoms with E-state index < -0.39 is 0 Å². The van der Waals surface area contributed by atoms with Gasteiger partial charge in [-0.15, -0.1) is 0 Å². The van der Waals surface area contributed by atoms with Crippen LogP contribution in [-0.2, 0) is 0 Å². The zero-order valence-electron chi connectivity index (χ0n) is 17.9. The number of nitriles is 1. The normalized spacial score (nSPS) is 18.2. The number of hydrogen-bond donors (Lipinski definition) is 0. The number of fused-ring (bicyclic) bond motifs is 1. The van der Waals surface area contributed by atoms with Crippen LogP contribution in [0, 0.1) is 17.1 Å². The first-order chi connectivity index (χ1) is 13.8. The molecule has 3 nitrogen and oxygen atoms in total. The van der Waals surface area contributed by atoms with Crippen molar-refractivity contribution in [2.45, 2.75) is 52.0 Å². The minimum atomic E-state index is -0.315. The summed E-state index contributed by atoms with van der Waals surface area (Å²) in [5, 5.41) is 9.68. The highest BCUT2D eigenvalue weighted by atomic mass is 19.1. The molecule has 1 aliphatic rings. The minimum absolute atomic E-state index is 0.0801. The Morgan fingerprint density at radius 1 is 1.31 bits per heavy atom. The second kappa shape index (κ2) is 8.29. The van der Waals surface area contributed by atoms with Gasteiger partial charge >= 0.3 is 0 Å². The van der Waals surface area contributed by atoms with Crippen molar-refractivity contribution >= 4 is 17.3 Å². The Hall–Kier alpha value is -2.80. The van der Waals surface area contributed by atoms with E-state index in [1.165, 1.54) is 23.4 Å². The summed E-state index contributed by atoms with van der Waals surface area (Å²) in [5.74, 6) is 0.831. The maximum Gasteiger partial charge on any atom is 0.128 e. The molecule has 4 heteroatoms. The van der Waals surface area contributed by atoms with Crippen LogP contribution in [0.15, 0.2) is 36.4 Å². The van der Waals surface area contributed by atoms with E-state index in [0.29, 0.717) is 17.1 Å². The Kier molecular flexibility index (Phi) is 5.98. The lowest BCUT2D eigenvalue weighted by atomic mass is 9.79. The standard InChI is InChI=1S/C25H29FN2O/c1-6-11-28-23-14-24(29-5)19(13-22(23)17(2)15-25(28,3)4)12-20(16-27)18-7-9-21(26)10-8-18/h7-10,12-14,17H,6,11,15H2,1-5H3/b20-12+. The molecule has 1 unspecified atom stereocenters. The zero-order chi connectivity index (χ0) is 21.2. The Labute approximate surface area is 173 Å². The Morgan fingerprint density at radius 2 is 2.00 bits per heavy atom. The van der Waals surface area contributed by atoms with E-state index in [9.17, 15) is 9.65 Å². The summed E-state index contributed by atoms with van der Waals surface area (Å²) in [6.07, 6.45) is 3.98. The molecule has 3 rings (SSSR count). The van der Waals surface area contributed by atoms with Gasteiger partial charge in [0.1, 0.15) is 11.6 Å². The molecule has 1 aliphatic heterocycles. The van der Waals surface area contributed by atoms with Crippen LogP contribution < -0.4 is 9.64 Å². The van der Waals surface area contributed by atoms with Crippen LogP contribution in [0.4, 0.5) is 10.1 Å². The molecule has 0 spiro atoms. The van der Waals surface area contributed by atoms with Crippen molar-refractivity contribution in [3.63, 3.8) is 0 Å². The average Bonchev–Trinajstić information content (AvgIpc) is 2.69. The van der Waals surface area contributed by atoms with Crippen LogP contribution in [0.25, 0.3) is 11.6 Å². The third-order valence-electron chi connectivity index (χ3n) is 5.76. The fourth-order valence-electron chi connectivity index (χ4n) is 4.43. The fourth-order valence-corrected chi connectivity index (χ4v) is 4.43. The number of nitrogens with zero attached hydrogens (tertiary/aromatic N) is 2. The minimum Gasteiger partial charge on any atom is -0.496 e. The van der Waals surface area contributed by atoms with E-state index in [-0.39, 0.29) is 11.4 Å². The topological polar surface area (TPSA) is 36.3 Å². The molecule has 0 bridgehead atoms. The van der Waals surface area contributed by atoms with E-state index in [4.69, 9.17) is 4.74 Å². The van der Waals surface area contributed by atoms with Crippen LogP contribution in [0.5, 0.6) is 5.75 Å². The van der Waals surface area contributed by atoms with E-state index >= 15 is 0 Å². The molecule has 0 radical (unpaired) electrons. The van der Waals surface area contributed by atoms with Crippen molar-refractivity contribution < 1.29 is 9.13 Å². The van der Waals surface area contributed by atoms with Gasteiger partial charge < -0.3 is 9.64 Å². The first-order valence-corrected chi connectivity index (χ1v) is 10.2. The Morgan fingerprint density at radius 3 is 2.59 bits per heavy atom. The summed E-state index contributed by atoms with van der Waals surface area (Å²) in [6.45, 7) is 10.0. The van der Waals surface area contributed by atoms with Gasteiger partial charge in [0.05, 0.1) is 18.8 Å². The van der Waals surface area contributed by atoms with Gasteiger partial charge in [-0.2, -0.15) is 5.26 Å². The van der Waals surface area contributed by atoms with Gasteiger partial charge in [0.2, 0.25) is 0 Å². The van der Waals surface area contributed by atoms with Crippen molar-refractivity contribution in [1.82, 2.24) is 0 Å². The van der Waals surface area contributed by atoms with E-state index in [1.54, 1.807) is 19.2 Å².